The normalized spacial score (nSPS) is 19.8. The molecular formula is C12H14N3OS2+. The molecule has 0 bridgehead atoms. The first-order valence-electron chi connectivity index (χ1n) is 5.88. The van der Waals surface area contributed by atoms with Crippen LogP contribution in [0.25, 0.3) is 10.6 Å². The fraction of sp³-hybridized carbons (Fsp3) is 0.333. The van der Waals surface area contributed by atoms with Crippen molar-refractivity contribution in [1.29, 1.82) is 0 Å². The molecule has 94 valence electrons. The van der Waals surface area contributed by atoms with E-state index in [1.807, 2.05) is 0 Å². The Bertz CT molecular complexity index is 535. The van der Waals surface area contributed by atoms with Crippen molar-refractivity contribution in [2.24, 2.45) is 0 Å². The van der Waals surface area contributed by atoms with Crippen LogP contribution >= 0.6 is 22.7 Å². The molecule has 1 atom stereocenters. The summed E-state index contributed by atoms with van der Waals surface area (Å²) < 4.78 is 0. The lowest BCUT2D eigenvalue weighted by molar-refractivity contribution is -0.907. The van der Waals surface area contributed by atoms with Crippen molar-refractivity contribution in [1.82, 2.24) is 10.3 Å². The Balaban J connectivity index is 1.68. The smallest absolute Gasteiger partial charge is 0.275 e. The van der Waals surface area contributed by atoms with Crippen LogP contribution in [0.5, 0.6) is 0 Å². The van der Waals surface area contributed by atoms with Gasteiger partial charge in [-0.2, -0.15) is 11.3 Å². The van der Waals surface area contributed by atoms with Gasteiger partial charge >= 0.3 is 0 Å². The number of piperazine rings is 1. The predicted octanol–water partition coefficient (Wildman–Crippen LogP) is 0.386. The monoisotopic (exact) mass is 280 g/mol. The molecule has 1 saturated heterocycles. The number of hydrogen-bond donors (Lipinski definition) is 2. The first-order valence-corrected chi connectivity index (χ1v) is 7.71. The number of nitrogens with one attached hydrogen (secondary N) is 2. The van der Waals surface area contributed by atoms with Crippen molar-refractivity contribution < 1.29 is 9.69 Å². The second-order valence-electron chi connectivity index (χ2n) is 4.36. The first kappa shape index (κ1) is 11.8. The molecule has 3 heterocycles. The Labute approximate surface area is 113 Å². The summed E-state index contributed by atoms with van der Waals surface area (Å²) in [5.74, 6) is 0.143. The molecule has 0 aromatic carbocycles. The Hall–Kier alpha value is -1.24. The summed E-state index contributed by atoms with van der Waals surface area (Å²) in [5, 5.41) is 10.2. The van der Waals surface area contributed by atoms with Gasteiger partial charge in [-0.3, -0.25) is 4.79 Å². The van der Waals surface area contributed by atoms with Gasteiger partial charge in [0.2, 0.25) is 0 Å². The van der Waals surface area contributed by atoms with Gasteiger partial charge in [-0.15, -0.1) is 11.3 Å². The lowest BCUT2D eigenvalue weighted by atomic mass is 10.3. The highest BCUT2D eigenvalue weighted by molar-refractivity contribution is 7.14. The third-order valence-corrected chi connectivity index (χ3v) is 4.59. The fourth-order valence-corrected chi connectivity index (χ4v) is 3.60. The second kappa shape index (κ2) is 5.17. The minimum atomic E-state index is 0.143. The molecule has 0 saturated carbocycles. The number of thiophene rings is 1. The molecule has 18 heavy (non-hydrogen) atoms. The van der Waals surface area contributed by atoms with Gasteiger partial charge in [0.15, 0.2) is 6.54 Å². The van der Waals surface area contributed by atoms with E-state index in [0.29, 0.717) is 6.54 Å². The van der Waals surface area contributed by atoms with Gasteiger partial charge in [-0.25, -0.2) is 4.98 Å². The van der Waals surface area contributed by atoms with Crippen molar-refractivity contribution in [3.05, 3.63) is 27.9 Å². The highest BCUT2D eigenvalue weighted by Crippen LogP contribution is 2.25. The zero-order valence-electron chi connectivity index (χ0n) is 9.81. The number of nitrogens with zero attached hydrogens (tertiary/aromatic N) is 1. The maximum atomic E-state index is 11.3. The van der Waals surface area contributed by atoms with E-state index in [0.717, 1.165) is 30.3 Å². The number of quaternary nitrogens is 1. The summed E-state index contributed by atoms with van der Waals surface area (Å²) in [4.78, 5) is 17.2. The van der Waals surface area contributed by atoms with Gasteiger partial charge in [0, 0.05) is 16.3 Å². The molecule has 0 radical (unpaired) electrons. The van der Waals surface area contributed by atoms with Crippen molar-refractivity contribution >= 4 is 28.6 Å². The highest BCUT2D eigenvalue weighted by atomic mass is 32.1. The molecule has 0 spiro atoms. The van der Waals surface area contributed by atoms with Gasteiger partial charge in [0.05, 0.1) is 13.1 Å². The zero-order chi connectivity index (χ0) is 12.4. The molecule has 1 fully saturated rings. The van der Waals surface area contributed by atoms with E-state index in [9.17, 15) is 4.79 Å². The van der Waals surface area contributed by atoms with Crippen molar-refractivity contribution in [3.8, 4) is 10.6 Å². The molecule has 2 aromatic heterocycles. The van der Waals surface area contributed by atoms with Gasteiger partial charge in [-0.1, -0.05) is 0 Å². The van der Waals surface area contributed by atoms with Crippen molar-refractivity contribution in [2.75, 3.05) is 19.6 Å². The van der Waals surface area contributed by atoms with Gasteiger partial charge in [-0.05, 0) is 11.4 Å². The first-order chi connectivity index (χ1) is 8.81. The maximum Gasteiger partial charge on any atom is 0.275 e. The molecular weight excluding hydrogens is 266 g/mol. The van der Waals surface area contributed by atoms with E-state index in [4.69, 9.17) is 0 Å². The fourth-order valence-electron chi connectivity index (χ4n) is 2.07. The number of rotatable bonds is 3. The van der Waals surface area contributed by atoms with Crippen LogP contribution in [0.3, 0.4) is 0 Å². The summed E-state index contributed by atoms with van der Waals surface area (Å²) in [5.41, 5.74) is 2.29. The zero-order valence-corrected chi connectivity index (χ0v) is 11.4. The lowest BCUT2D eigenvalue weighted by Crippen LogP contribution is -3.14. The molecule has 1 unspecified atom stereocenters. The standard InChI is InChI=1S/C12H13N3OS2/c16-11-6-15(3-2-13-11)5-10-8-18-12(14-10)9-1-4-17-7-9/h1,4,7-8H,2-3,5-6H2,(H,13,16)/p+1. The molecule has 1 aliphatic rings. The molecule has 4 nitrogen and oxygen atoms in total. The Morgan fingerprint density at radius 3 is 3.17 bits per heavy atom. The Kier molecular flexibility index (Phi) is 3.40. The van der Waals surface area contributed by atoms with E-state index >= 15 is 0 Å². The topological polar surface area (TPSA) is 46.4 Å². The number of aromatic nitrogens is 1. The van der Waals surface area contributed by atoms with E-state index in [-0.39, 0.29) is 5.91 Å². The van der Waals surface area contributed by atoms with Gasteiger partial charge in [0.25, 0.3) is 5.91 Å². The molecule has 1 amide bonds. The Morgan fingerprint density at radius 1 is 1.44 bits per heavy atom. The SMILES string of the molecule is O=C1C[NH+](Cc2csc(-c3ccsc3)n2)CCN1. The van der Waals surface area contributed by atoms with Crippen LogP contribution in [0, 0.1) is 0 Å². The van der Waals surface area contributed by atoms with E-state index in [1.54, 1.807) is 22.7 Å². The van der Waals surface area contributed by atoms with Crippen molar-refractivity contribution in [2.45, 2.75) is 6.54 Å². The third kappa shape index (κ3) is 2.60. The van der Waals surface area contributed by atoms with Gasteiger partial charge < -0.3 is 10.2 Å². The van der Waals surface area contributed by atoms with Crippen LogP contribution in [0.4, 0.5) is 0 Å². The van der Waals surface area contributed by atoms with Gasteiger partial charge in [0.1, 0.15) is 17.2 Å². The number of carbonyl (C=O) groups is 1. The van der Waals surface area contributed by atoms with Crippen LogP contribution < -0.4 is 10.2 Å². The average molecular weight is 280 g/mol. The molecule has 2 N–H and O–H groups in total. The predicted molar refractivity (Wildman–Crippen MR) is 72.8 cm³/mol. The molecule has 1 aliphatic heterocycles. The third-order valence-electron chi connectivity index (χ3n) is 2.96. The number of carbonyl (C=O) groups excluding carboxylic acids is 1. The molecule has 3 rings (SSSR count). The summed E-state index contributed by atoms with van der Waals surface area (Å²) in [6.45, 7) is 3.16. The molecule has 2 aromatic rings. The summed E-state index contributed by atoms with van der Waals surface area (Å²) in [6.07, 6.45) is 0. The van der Waals surface area contributed by atoms with Crippen molar-refractivity contribution in [3.63, 3.8) is 0 Å². The van der Waals surface area contributed by atoms with E-state index < -0.39 is 0 Å². The Morgan fingerprint density at radius 2 is 2.39 bits per heavy atom. The van der Waals surface area contributed by atoms with E-state index in [1.165, 1.54) is 10.5 Å². The van der Waals surface area contributed by atoms with Crippen LogP contribution in [-0.4, -0.2) is 30.5 Å². The van der Waals surface area contributed by atoms with E-state index in [2.05, 4.69) is 32.5 Å². The quantitative estimate of drug-likeness (QED) is 0.854. The maximum absolute atomic E-state index is 11.3. The number of hydrogen-bond acceptors (Lipinski definition) is 4. The number of amides is 1. The summed E-state index contributed by atoms with van der Waals surface area (Å²) in [6, 6.07) is 2.09. The van der Waals surface area contributed by atoms with Crippen LogP contribution in [0.2, 0.25) is 0 Å². The van der Waals surface area contributed by atoms with Crippen LogP contribution in [0.1, 0.15) is 5.69 Å². The summed E-state index contributed by atoms with van der Waals surface area (Å²) in [7, 11) is 0. The largest absolute Gasteiger partial charge is 0.346 e. The average Bonchev–Trinajstić information content (AvgIpc) is 2.98. The lowest BCUT2D eigenvalue weighted by Gasteiger charge is -2.22. The minimum Gasteiger partial charge on any atom is -0.346 e. The molecule has 6 heteroatoms. The second-order valence-corrected chi connectivity index (χ2v) is 6.00. The highest BCUT2D eigenvalue weighted by Gasteiger charge is 2.20. The molecule has 0 aliphatic carbocycles. The van der Waals surface area contributed by atoms with Crippen LogP contribution in [-0.2, 0) is 11.3 Å². The minimum absolute atomic E-state index is 0.143. The van der Waals surface area contributed by atoms with Crippen LogP contribution in [0.15, 0.2) is 22.2 Å². The number of thiazole rings is 1. The summed E-state index contributed by atoms with van der Waals surface area (Å²) >= 11 is 3.37.